The largest absolute Gasteiger partial charge is 0.492 e. The zero-order chi connectivity index (χ0) is 33.3. The van der Waals surface area contributed by atoms with Crippen molar-refractivity contribution in [1.82, 2.24) is 10.2 Å². The molecule has 0 aromatic heterocycles. The Kier molecular flexibility index (Phi) is 11.6. The van der Waals surface area contributed by atoms with Crippen LogP contribution < -0.4 is 14.4 Å². The molecule has 4 aromatic carbocycles. The Morgan fingerprint density at radius 2 is 1.37 bits per heavy atom. The number of ether oxygens (including phenoxy) is 1. The second-order valence-corrected chi connectivity index (χ2v) is 13.5. The van der Waals surface area contributed by atoms with Crippen molar-refractivity contribution in [3.05, 3.63) is 125 Å². The van der Waals surface area contributed by atoms with Crippen LogP contribution in [-0.4, -0.2) is 50.4 Å². The molecule has 0 saturated carbocycles. The molecular formula is C37H43N3O5S. The number of benzene rings is 4. The van der Waals surface area contributed by atoms with Crippen LogP contribution in [0.4, 0.5) is 5.69 Å². The van der Waals surface area contributed by atoms with Crippen molar-refractivity contribution in [2.24, 2.45) is 0 Å². The van der Waals surface area contributed by atoms with Gasteiger partial charge in [0.05, 0.1) is 17.2 Å². The van der Waals surface area contributed by atoms with Gasteiger partial charge in [-0.25, -0.2) is 8.42 Å². The zero-order valence-corrected chi connectivity index (χ0v) is 28.0. The van der Waals surface area contributed by atoms with E-state index in [1.165, 1.54) is 17.0 Å². The van der Waals surface area contributed by atoms with Gasteiger partial charge in [-0.2, -0.15) is 0 Å². The molecule has 1 atom stereocenters. The first-order chi connectivity index (χ1) is 22.0. The molecule has 46 heavy (non-hydrogen) atoms. The number of nitrogens with one attached hydrogen (secondary N) is 1. The molecule has 0 aliphatic rings. The number of rotatable bonds is 14. The third-order valence-electron chi connectivity index (χ3n) is 7.50. The van der Waals surface area contributed by atoms with Gasteiger partial charge >= 0.3 is 0 Å². The van der Waals surface area contributed by atoms with Crippen LogP contribution in [0, 0.1) is 13.8 Å². The van der Waals surface area contributed by atoms with Crippen LogP contribution in [0.15, 0.2) is 108 Å². The summed E-state index contributed by atoms with van der Waals surface area (Å²) in [6, 6.07) is 29.4. The smallest absolute Gasteiger partial charge is 0.264 e. The summed E-state index contributed by atoms with van der Waals surface area (Å²) in [6.07, 6.45) is 0.247. The molecule has 8 nitrogen and oxygen atoms in total. The summed E-state index contributed by atoms with van der Waals surface area (Å²) in [5, 5.41) is 2.98. The van der Waals surface area contributed by atoms with E-state index in [0.717, 1.165) is 26.6 Å². The molecule has 1 N–H and O–H groups in total. The van der Waals surface area contributed by atoms with Crippen LogP contribution in [-0.2, 0) is 32.6 Å². The Morgan fingerprint density at radius 1 is 0.783 bits per heavy atom. The lowest BCUT2D eigenvalue weighted by molar-refractivity contribution is -0.140. The van der Waals surface area contributed by atoms with Crippen LogP contribution >= 0.6 is 0 Å². The number of amides is 2. The highest BCUT2D eigenvalue weighted by molar-refractivity contribution is 7.92. The van der Waals surface area contributed by atoms with E-state index in [1.807, 2.05) is 89.2 Å². The second-order valence-electron chi connectivity index (χ2n) is 11.6. The molecule has 0 heterocycles. The van der Waals surface area contributed by atoms with Crippen molar-refractivity contribution in [1.29, 1.82) is 0 Å². The lowest BCUT2D eigenvalue weighted by atomic mass is 10.0. The minimum Gasteiger partial charge on any atom is -0.492 e. The monoisotopic (exact) mass is 641 g/mol. The number of anilines is 1. The van der Waals surface area contributed by atoms with E-state index in [0.29, 0.717) is 12.4 Å². The Morgan fingerprint density at radius 3 is 1.98 bits per heavy atom. The minimum absolute atomic E-state index is 0.0423. The van der Waals surface area contributed by atoms with E-state index in [1.54, 1.807) is 36.4 Å². The molecule has 0 aliphatic carbocycles. The summed E-state index contributed by atoms with van der Waals surface area (Å²) in [4.78, 5) is 30.0. The van der Waals surface area contributed by atoms with Gasteiger partial charge in [-0.3, -0.25) is 13.9 Å². The number of nitrogens with zero attached hydrogens (tertiary/aromatic N) is 2. The molecule has 0 aliphatic heterocycles. The Balaban J connectivity index is 1.84. The molecule has 2 amide bonds. The van der Waals surface area contributed by atoms with Crippen molar-refractivity contribution in [3.8, 4) is 5.75 Å². The summed E-state index contributed by atoms with van der Waals surface area (Å²) in [5.41, 5.74) is 3.89. The lowest BCUT2D eigenvalue weighted by Crippen LogP contribution is -2.54. The molecule has 9 heteroatoms. The minimum atomic E-state index is -4.24. The summed E-state index contributed by atoms with van der Waals surface area (Å²) in [6.45, 7) is 9.25. The Bertz CT molecular complexity index is 1710. The number of sulfonamides is 1. The summed E-state index contributed by atoms with van der Waals surface area (Å²) in [5.74, 6) is -0.513. The third kappa shape index (κ3) is 8.75. The molecule has 4 rings (SSSR count). The van der Waals surface area contributed by atoms with Crippen LogP contribution in [0.1, 0.15) is 43.0 Å². The van der Waals surface area contributed by atoms with Gasteiger partial charge in [0.15, 0.2) is 0 Å². The van der Waals surface area contributed by atoms with Gasteiger partial charge in [0.1, 0.15) is 18.3 Å². The number of hydrogen-bond acceptors (Lipinski definition) is 5. The van der Waals surface area contributed by atoms with E-state index in [2.05, 4.69) is 5.32 Å². The van der Waals surface area contributed by atoms with Crippen molar-refractivity contribution >= 4 is 27.5 Å². The van der Waals surface area contributed by atoms with Crippen LogP contribution in [0.2, 0.25) is 0 Å². The van der Waals surface area contributed by atoms with E-state index < -0.39 is 28.5 Å². The lowest BCUT2D eigenvalue weighted by Gasteiger charge is -2.34. The van der Waals surface area contributed by atoms with Crippen LogP contribution in [0.25, 0.3) is 0 Å². The predicted octanol–water partition coefficient (Wildman–Crippen LogP) is 6.06. The number of carbonyl (C=O) groups is 2. The summed E-state index contributed by atoms with van der Waals surface area (Å²) in [7, 11) is -4.24. The number of aryl methyl sites for hydroxylation is 2. The molecule has 0 unspecified atom stereocenters. The molecule has 0 saturated heterocycles. The van der Waals surface area contributed by atoms with Gasteiger partial charge in [0, 0.05) is 19.0 Å². The van der Waals surface area contributed by atoms with Gasteiger partial charge in [-0.05, 0) is 70.0 Å². The second kappa shape index (κ2) is 15.6. The SMILES string of the molecule is CCOc1ccccc1N(CC(=O)N(Cc1ccc(C)cc1)[C@H](Cc1ccccc1)C(=O)NC(C)C)S(=O)(=O)c1ccc(C)cc1. The molecule has 4 aromatic rings. The zero-order valence-electron chi connectivity index (χ0n) is 27.1. The first-order valence-corrected chi connectivity index (χ1v) is 16.9. The van der Waals surface area contributed by atoms with Crippen molar-refractivity contribution in [3.63, 3.8) is 0 Å². The van der Waals surface area contributed by atoms with Crippen LogP contribution in [0.5, 0.6) is 5.75 Å². The number of carbonyl (C=O) groups excluding carboxylic acids is 2. The Labute approximate surface area is 273 Å². The van der Waals surface area contributed by atoms with Gasteiger partial charge in [-0.1, -0.05) is 90.0 Å². The quantitative estimate of drug-likeness (QED) is 0.181. The highest BCUT2D eigenvalue weighted by atomic mass is 32.2. The van der Waals surface area contributed by atoms with E-state index in [4.69, 9.17) is 4.74 Å². The van der Waals surface area contributed by atoms with Crippen molar-refractivity contribution < 1.29 is 22.7 Å². The average Bonchev–Trinajstić information content (AvgIpc) is 3.03. The first-order valence-electron chi connectivity index (χ1n) is 15.5. The number of hydrogen-bond donors (Lipinski definition) is 1. The van der Waals surface area contributed by atoms with E-state index >= 15 is 0 Å². The Hall–Kier alpha value is -4.63. The highest BCUT2D eigenvalue weighted by Gasteiger charge is 2.35. The fraction of sp³-hybridized carbons (Fsp3) is 0.297. The molecular weight excluding hydrogens is 598 g/mol. The maximum atomic E-state index is 14.6. The van der Waals surface area contributed by atoms with Gasteiger partial charge in [0.2, 0.25) is 11.8 Å². The molecule has 0 fully saturated rings. The van der Waals surface area contributed by atoms with Crippen LogP contribution in [0.3, 0.4) is 0 Å². The molecule has 0 spiro atoms. The molecule has 242 valence electrons. The van der Waals surface area contributed by atoms with Crippen molar-refractivity contribution in [2.75, 3.05) is 17.5 Å². The normalized spacial score (nSPS) is 12.0. The fourth-order valence-corrected chi connectivity index (χ4v) is 6.54. The fourth-order valence-electron chi connectivity index (χ4n) is 5.12. The predicted molar refractivity (Wildman–Crippen MR) is 182 cm³/mol. The highest BCUT2D eigenvalue weighted by Crippen LogP contribution is 2.33. The summed E-state index contributed by atoms with van der Waals surface area (Å²) >= 11 is 0. The average molecular weight is 642 g/mol. The maximum Gasteiger partial charge on any atom is 0.264 e. The van der Waals surface area contributed by atoms with Gasteiger partial charge in [-0.15, -0.1) is 0 Å². The summed E-state index contributed by atoms with van der Waals surface area (Å²) < 4.78 is 35.6. The van der Waals surface area contributed by atoms with Gasteiger partial charge in [0.25, 0.3) is 10.0 Å². The molecule has 0 bridgehead atoms. The first kappa shape index (κ1) is 34.2. The van der Waals surface area contributed by atoms with E-state index in [9.17, 15) is 18.0 Å². The maximum absolute atomic E-state index is 14.6. The topological polar surface area (TPSA) is 96.0 Å². The standard InChI is InChI=1S/C37H43N3O5S/c1-6-45-35-15-11-10-14-33(35)40(46(43,44)32-22-18-29(5)19-23-32)26-36(41)39(25-31-20-16-28(4)17-21-31)34(37(42)38-27(2)3)24-30-12-8-7-9-13-30/h7-23,27,34H,6,24-26H2,1-5H3,(H,38,42)/t34-/m1/s1. The van der Waals surface area contributed by atoms with Crippen molar-refractivity contribution in [2.45, 2.75) is 64.6 Å². The van der Waals surface area contributed by atoms with E-state index in [-0.39, 0.29) is 35.5 Å². The van der Waals surface area contributed by atoms with Gasteiger partial charge < -0.3 is 15.0 Å². The molecule has 0 radical (unpaired) electrons. The third-order valence-corrected chi connectivity index (χ3v) is 9.27. The number of para-hydroxylation sites is 2.